The van der Waals surface area contributed by atoms with E-state index in [-0.39, 0.29) is 6.04 Å². The molecular weight excluding hydrogens is 314 g/mol. The van der Waals surface area contributed by atoms with Crippen LogP contribution < -0.4 is 5.32 Å². The number of carbonyl (C=O) groups is 2. The SMILES string of the molecule is Cc1nn(-c2ccccc2)c(C)c1C(=O)C(=O)NC1CCCCCC1. The van der Waals surface area contributed by atoms with E-state index in [0.717, 1.165) is 31.4 Å². The summed E-state index contributed by atoms with van der Waals surface area (Å²) in [7, 11) is 0. The number of hydrogen-bond acceptors (Lipinski definition) is 3. The molecule has 132 valence electrons. The standard InChI is InChI=1S/C20H25N3O2/c1-14-18(15(2)23(22-14)17-12-8-5-9-13-17)19(24)20(25)21-16-10-6-3-4-7-11-16/h5,8-9,12-13,16H,3-4,6-7,10-11H2,1-2H3,(H,21,25). The van der Waals surface area contributed by atoms with Gasteiger partial charge in [-0.25, -0.2) is 4.68 Å². The zero-order valence-electron chi connectivity index (χ0n) is 14.9. The van der Waals surface area contributed by atoms with E-state index in [1.54, 1.807) is 11.6 Å². The molecule has 1 aliphatic rings. The van der Waals surface area contributed by atoms with E-state index >= 15 is 0 Å². The van der Waals surface area contributed by atoms with Crippen LogP contribution >= 0.6 is 0 Å². The van der Waals surface area contributed by atoms with E-state index in [0.29, 0.717) is 17.0 Å². The fraction of sp³-hybridized carbons (Fsp3) is 0.450. The first kappa shape index (κ1) is 17.4. The predicted molar refractivity (Wildman–Crippen MR) is 97.0 cm³/mol. The Balaban J connectivity index is 1.80. The number of amides is 1. The van der Waals surface area contributed by atoms with Crippen molar-refractivity contribution >= 4 is 11.7 Å². The molecule has 0 atom stereocenters. The van der Waals surface area contributed by atoms with Crippen LogP contribution in [0.1, 0.15) is 60.3 Å². The van der Waals surface area contributed by atoms with Gasteiger partial charge in [-0.3, -0.25) is 9.59 Å². The van der Waals surface area contributed by atoms with Crippen molar-refractivity contribution in [2.45, 2.75) is 58.4 Å². The van der Waals surface area contributed by atoms with Crippen LogP contribution in [0.25, 0.3) is 5.69 Å². The van der Waals surface area contributed by atoms with Crippen LogP contribution in [0.4, 0.5) is 0 Å². The molecule has 0 saturated heterocycles. The van der Waals surface area contributed by atoms with Crippen LogP contribution in [0.2, 0.25) is 0 Å². The van der Waals surface area contributed by atoms with E-state index in [1.807, 2.05) is 37.3 Å². The maximum Gasteiger partial charge on any atom is 0.292 e. The molecule has 1 N–H and O–H groups in total. The molecule has 0 aliphatic heterocycles. The Hall–Kier alpha value is -2.43. The zero-order chi connectivity index (χ0) is 17.8. The van der Waals surface area contributed by atoms with Crippen LogP contribution in [0, 0.1) is 13.8 Å². The molecule has 1 amide bonds. The Morgan fingerprint density at radius 3 is 2.32 bits per heavy atom. The number of carbonyl (C=O) groups excluding carboxylic acids is 2. The summed E-state index contributed by atoms with van der Waals surface area (Å²) in [6.07, 6.45) is 6.57. The molecule has 1 aliphatic carbocycles. The summed E-state index contributed by atoms with van der Waals surface area (Å²) in [5.74, 6) is -0.993. The summed E-state index contributed by atoms with van der Waals surface area (Å²) in [6.45, 7) is 3.61. The van der Waals surface area contributed by atoms with E-state index in [9.17, 15) is 9.59 Å². The summed E-state index contributed by atoms with van der Waals surface area (Å²) in [5, 5.41) is 7.40. The highest BCUT2D eigenvalue weighted by molar-refractivity contribution is 6.43. The number of nitrogens with one attached hydrogen (secondary N) is 1. The van der Waals surface area contributed by atoms with Crippen LogP contribution in [-0.4, -0.2) is 27.5 Å². The third-order valence-electron chi connectivity index (χ3n) is 4.92. The van der Waals surface area contributed by atoms with E-state index in [4.69, 9.17) is 0 Å². The van der Waals surface area contributed by atoms with Gasteiger partial charge in [0.15, 0.2) is 0 Å². The van der Waals surface area contributed by atoms with Gasteiger partial charge in [-0.05, 0) is 38.8 Å². The molecule has 1 aromatic heterocycles. The number of para-hydroxylation sites is 1. The van der Waals surface area contributed by atoms with Gasteiger partial charge in [0.2, 0.25) is 0 Å². The lowest BCUT2D eigenvalue weighted by molar-refractivity contribution is -0.117. The number of Topliss-reactive ketones (excluding diaryl/α,β-unsaturated/α-hetero) is 1. The summed E-state index contributed by atoms with van der Waals surface area (Å²) in [6, 6.07) is 9.75. The fourth-order valence-corrected chi connectivity index (χ4v) is 3.58. The van der Waals surface area contributed by atoms with Crippen molar-refractivity contribution < 1.29 is 9.59 Å². The molecule has 25 heavy (non-hydrogen) atoms. The number of ketones is 1. The first-order valence-corrected chi connectivity index (χ1v) is 9.04. The molecule has 0 radical (unpaired) electrons. The van der Waals surface area contributed by atoms with Gasteiger partial charge in [-0.1, -0.05) is 43.9 Å². The molecule has 0 unspecified atom stereocenters. The van der Waals surface area contributed by atoms with Crippen molar-refractivity contribution in [1.82, 2.24) is 15.1 Å². The lowest BCUT2D eigenvalue weighted by Crippen LogP contribution is -2.39. The summed E-state index contributed by atoms with van der Waals surface area (Å²) >= 11 is 0. The lowest BCUT2D eigenvalue weighted by Gasteiger charge is -2.15. The number of aromatic nitrogens is 2. The molecule has 5 heteroatoms. The van der Waals surface area contributed by atoms with E-state index in [2.05, 4.69) is 10.4 Å². The van der Waals surface area contributed by atoms with Gasteiger partial charge in [0.1, 0.15) is 0 Å². The Kier molecular flexibility index (Phi) is 5.31. The predicted octanol–water partition coefficient (Wildman–Crippen LogP) is 3.51. The van der Waals surface area contributed by atoms with E-state index < -0.39 is 11.7 Å². The van der Waals surface area contributed by atoms with Gasteiger partial charge in [0, 0.05) is 6.04 Å². The second kappa shape index (κ2) is 7.64. The maximum atomic E-state index is 12.7. The maximum absolute atomic E-state index is 12.7. The quantitative estimate of drug-likeness (QED) is 0.527. The zero-order valence-corrected chi connectivity index (χ0v) is 14.9. The highest BCUT2D eigenvalue weighted by Gasteiger charge is 2.26. The Bertz CT molecular complexity index is 757. The highest BCUT2D eigenvalue weighted by atomic mass is 16.2. The first-order chi connectivity index (χ1) is 12.1. The Morgan fingerprint density at radius 2 is 1.68 bits per heavy atom. The minimum Gasteiger partial charge on any atom is -0.346 e. The van der Waals surface area contributed by atoms with Gasteiger partial charge < -0.3 is 5.32 Å². The largest absolute Gasteiger partial charge is 0.346 e. The van der Waals surface area contributed by atoms with Gasteiger partial charge in [0.05, 0.1) is 22.6 Å². The topological polar surface area (TPSA) is 64.0 Å². The van der Waals surface area contributed by atoms with Gasteiger partial charge in [0.25, 0.3) is 11.7 Å². The molecule has 1 heterocycles. The fourth-order valence-electron chi connectivity index (χ4n) is 3.58. The van der Waals surface area contributed by atoms with E-state index in [1.165, 1.54) is 12.8 Å². The van der Waals surface area contributed by atoms with Gasteiger partial charge >= 0.3 is 0 Å². The molecule has 5 nitrogen and oxygen atoms in total. The van der Waals surface area contributed by atoms with Gasteiger partial charge in [-0.2, -0.15) is 5.10 Å². The van der Waals surface area contributed by atoms with Crippen LogP contribution in [0.3, 0.4) is 0 Å². The number of hydrogen-bond donors (Lipinski definition) is 1. The lowest BCUT2D eigenvalue weighted by atomic mass is 10.1. The molecule has 3 rings (SSSR count). The van der Waals surface area contributed by atoms with Crippen LogP contribution in [-0.2, 0) is 4.79 Å². The monoisotopic (exact) mass is 339 g/mol. The normalized spacial score (nSPS) is 15.6. The summed E-state index contributed by atoms with van der Waals surface area (Å²) < 4.78 is 1.72. The third kappa shape index (κ3) is 3.81. The molecular formula is C20H25N3O2. The average Bonchev–Trinajstić information content (AvgIpc) is 2.79. The molecule has 0 bridgehead atoms. The summed E-state index contributed by atoms with van der Waals surface area (Å²) in [4.78, 5) is 25.2. The first-order valence-electron chi connectivity index (χ1n) is 9.04. The minimum absolute atomic E-state index is 0.115. The highest BCUT2D eigenvalue weighted by Crippen LogP contribution is 2.20. The molecule has 0 spiro atoms. The number of aryl methyl sites for hydroxylation is 1. The average molecular weight is 339 g/mol. The minimum atomic E-state index is -0.509. The molecule has 1 aromatic carbocycles. The van der Waals surface area contributed by atoms with Gasteiger partial charge in [-0.15, -0.1) is 0 Å². The van der Waals surface area contributed by atoms with Crippen LogP contribution in [0.15, 0.2) is 30.3 Å². The van der Waals surface area contributed by atoms with Crippen molar-refractivity contribution in [2.75, 3.05) is 0 Å². The van der Waals surface area contributed by atoms with Crippen molar-refractivity contribution in [1.29, 1.82) is 0 Å². The van der Waals surface area contributed by atoms with Crippen molar-refractivity contribution in [3.8, 4) is 5.69 Å². The van der Waals surface area contributed by atoms with Crippen molar-refractivity contribution in [3.63, 3.8) is 0 Å². The van der Waals surface area contributed by atoms with Crippen molar-refractivity contribution in [2.24, 2.45) is 0 Å². The molecule has 1 fully saturated rings. The van der Waals surface area contributed by atoms with Crippen molar-refractivity contribution in [3.05, 3.63) is 47.3 Å². The second-order valence-corrected chi connectivity index (χ2v) is 6.78. The van der Waals surface area contributed by atoms with Crippen LogP contribution in [0.5, 0.6) is 0 Å². The molecule has 1 saturated carbocycles. The smallest absolute Gasteiger partial charge is 0.292 e. The summed E-state index contributed by atoms with van der Waals surface area (Å²) in [5.41, 5.74) is 2.58. The molecule has 2 aromatic rings. The number of benzene rings is 1. The Labute approximate surface area is 148 Å². The number of nitrogens with zero attached hydrogens (tertiary/aromatic N) is 2. The number of rotatable bonds is 4. The second-order valence-electron chi connectivity index (χ2n) is 6.78. The third-order valence-corrected chi connectivity index (χ3v) is 4.92. The Morgan fingerprint density at radius 1 is 1.04 bits per heavy atom.